The zero-order valence-corrected chi connectivity index (χ0v) is 15.8. The summed E-state index contributed by atoms with van der Waals surface area (Å²) in [5, 5.41) is 11.7. The molecule has 1 N–H and O–H groups in total. The first kappa shape index (κ1) is 18.7. The molecule has 3 aromatic rings. The summed E-state index contributed by atoms with van der Waals surface area (Å²) in [6.07, 6.45) is 0. The Balaban J connectivity index is 1.46. The lowest BCUT2D eigenvalue weighted by Gasteiger charge is -2.06. The van der Waals surface area contributed by atoms with Crippen molar-refractivity contribution >= 4 is 22.4 Å². The molecule has 1 heterocycles. The van der Waals surface area contributed by atoms with Crippen molar-refractivity contribution in [2.24, 2.45) is 0 Å². The summed E-state index contributed by atoms with van der Waals surface area (Å²) >= 11 is 1.25. The van der Waals surface area contributed by atoms with Gasteiger partial charge in [-0.2, -0.15) is 0 Å². The van der Waals surface area contributed by atoms with Crippen LogP contribution in [-0.4, -0.2) is 29.8 Å². The van der Waals surface area contributed by atoms with Crippen LogP contribution in [0.3, 0.4) is 0 Å². The number of carbonyl (C=O) groups excluding carboxylic acids is 1. The first-order valence-electron chi connectivity index (χ1n) is 8.21. The Morgan fingerprint density at radius 1 is 1.04 bits per heavy atom. The average molecular weight is 385 g/mol. The Morgan fingerprint density at radius 2 is 1.81 bits per heavy atom. The molecular weight excluding hydrogens is 366 g/mol. The van der Waals surface area contributed by atoms with Gasteiger partial charge in [0.25, 0.3) is 5.91 Å². The van der Waals surface area contributed by atoms with Crippen LogP contribution in [0.25, 0.3) is 0 Å². The number of hydrogen-bond acceptors (Lipinski definition) is 7. The van der Waals surface area contributed by atoms with E-state index in [1.54, 1.807) is 13.2 Å². The number of amides is 1. The maximum atomic E-state index is 12.0. The second-order valence-electron chi connectivity index (χ2n) is 5.62. The normalized spacial score (nSPS) is 10.3. The first-order chi connectivity index (χ1) is 13.1. The largest absolute Gasteiger partial charge is 0.497 e. The van der Waals surface area contributed by atoms with Crippen molar-refractivity contribution in [3.05, 3.63) is 59.1 Å². The van der Waals surface area contributed by atoms with Crippen LogP contribution >= 0.6 is 11.3 Å². The number of rotatable bonds is 8. The fourth-order valence-corrected chi connectivity index (χ4v) is 2.86. The standard InChI is InChI=1S/C19H19N3O4S/c1-13-4-3-5-16(10-13)25-11-17(23)20-19-22-21-18(27-19)12-26-15-8-6-14(24-2)7-9-15/h3-10H,11-12H2,1-2H3,(H,20,22,23). The molecule has 3 rings (SSSR count). The van der Waals surface area contributed by atoms with Crippen molar-refractivity contribution in [3.8, 4) is 17.2 Å². The molecule has 0 unspecified atom stereocenters. The molecule has 1 aromatic heterocycles. The monoisotopic (exact) mass is 385 g/mol. The van der Waals surface area contributed by atoms with Gasteiger partial charge in [0, 0.05) is 0 Å². The highest BCUT2D eigenvalue weighted by Gasteiger charge is 2.10. The van der Waals surface area contributed by atoms with E-state index in [1.807, 2.05) is 49.4 Å². The summed E-state index contributed by atoms with van der Waals surface area (Å²) in [5.74, 6) is 1.81. The van der Waals surface area contributed by atoms with Gasteiger partial charge in [0.15, 0.2) is 11.6 Å². The predicted octanol–water partition coefficient (Wildman–Crippen LogP) is 3.45. The molecule has 0 bridgehead atoms. The van der Waals surface area contributed by atoms with E-state index in [1.165, 1.54) is 11.3 Å². The zero-order chi connectivity index (χ0) is 19.1. The summed E-state index contributed by atoms with van der Waals surface area (Å²) in [6, 6.07) is 14.8. The fourth-order valence-electron chi connectivity index (χ4n) is 2.19. The minimum atomic E-state index is -0.296. The Hall–Kier alpha value is -3.13. The molecule has 0 saturated heterocycles. The van der Waals surface area contributed by atoms with Crippen LogP contribution in [0.4, 0.5) is 5.13 Å². The van der Waals surface area contributed by atoms with Gasteiger partial charge >= 0.3 is 0 Å². The lowest BCUT2D eigenvalue weighted by molar-refractivity contribution is -0.118. The average Bonchev–Trinajstić information content (AvgIpc) is 3.12. The van der Waals surface area contributed by atoms with E-state index in [2.05, 4.69) is 15.5 Å². The lowest BCUT2D eigenvalue weighted by atomic mass is 10.2. The SMILES string of the molecule is COc1ccc(OCc2nnc(NC(=O)COc3cccc(C)c3)s2)cc1. The Bertz CT molecular complexity index is 896. The van der Waals surface area contributed by atoms with E-state index in [0.717, 1.165) is 11.3 Å². The number of carbonyl (C=O) groups is 1. The minimum Gasteiger partial charge on any atom is -0.497 e. The summed E-state index contributed by atoms with van der Waals surface area (Å²) in [4.78, 5) is 12.0. The number of benzene rings is 2. The number of hydrogen-bond donors (Lipinski definition) is 1. The molecule has 7 nitrogen and oxygen atoms in total. The maximum absolute atomic E-state index is 12.0. The Kier molecular flexibility index (Phi) is 6.22. The Morgan fingerprint density at radius 3 is 2.56 bits per heavy atom. The number of anilines is 1. The third-order valence-electron chi connectivity index (χ3n) is 3.49. The van der Waals surface area contributed by atoms with Gasteiger partial charge in [0.05, 0.1) is 7.11 Å². The quantitative estimate of drug-likeness (QED) is 0.639. The maximum Gasteiger partial charge on any atom is 0.264 e. The van der Waals surface area contributed by atoms with Gasteiger partial charge in [-0.15, -0.1) is 10.2 Å². The van der Waals surface area contributed by atoms with Crippen LogP contribution in [0.2, 0.25) is 0 Å². The van der Waals surface area contributed by atoms with Crippen molar-refractivity contribution in [1.29, 1.82) is 0 Å². The smallest absolute Gasteiger partial charge is 0.264 e. The van der Waals surface area contributed by atoms with Gasteiger partial charge in [-0.1, -0.05) is 23.5 Å². The highest BCUT2D eigenvalue weighted by Crippen LogP contribution is 2.20. The minimum absolute atomic E-state index is 0.0965. The summed E-state index contributed by atoms with van der Waals surface area (Å²) < 4.78 is 16.2. The van der Waals surface area contributed by atoms with Gasteiger partial charge in [0.2, 0.25) is 5.13 Å². The predicted molar refractivity (Wildman–Crippen MR) is 103 cm³/mol. The van der Waals surface area contributed by atoms with E-state index >= 15 is 0 Å². The third-order valence-corrected chi connectivity index (χ3v) is 4.31. The molecule has 0 aliphatic heterocycles. The number of nitrogens with one attached hydrogen (secondary N) is 1. The molecule has 0 spiro atoms. The van der Waals surface area contributed by atoms with E-state index in [0.29, 0.717) is 21.6 Å². The molecule has 2 aromatic carbocycles. The van der Waals surface area contributed by atoms with E-state index in [4.69, 9.17) is 14.2 Å². The molecule has 8 heteroatoms. The highest BCUT2D eigenvalue weighted by molar-refractivity contribution is 7.15. The number of ether oxygens (including phenoxy) is 3. The topological polar surface area (TPSA) is 82.6 Å². The molecule has 0 saturated carbocycles. The van der Waals surface area contributed by atoms with Crippen LogP contribution in [0, 0.1) is 6.92 Å². The van der Waals surface area contributed by atoms with Gasteiger partial charge in [-0.25, -0.2) is 0 Å². The van der Waals surface area contributed by atoms with E-state index in [-0.39, 0.29) is 19.1 Å². The number of aryl methyl sites for hydroxylation is 1. The summed E-state index contributed by atoms with van der Waals surface area (Å²) in [6.45, 7) is 2.13. The van der Waals surface area contributed by atoms with Gasteiger partial charge in [0.1, 0.15) is 23.9 Å². The van der Waals surface area contributed by atoms with Crippen molar-refractivity contribution in [1.82, 2.24) is 10.2 Å². The van der Waals surface area contributed by atoms with Gasteiger partial charge in [-0.3, -0.25) is 10.1 Å². The molecule has 0 aliphatic carbocycles. The first-order valence-corrected chi connectivity index (χ1v) is 9.02. The van der Waals surface area contributed by atoms with Crippen LogP contribution in [0.15, 0.2) is 48.5 Å². The summed E-state index contributed by atoms with van der Waals surface area (Å²) in [7, 11) is 1.61. The second kappa shape index (κ2) is 9.00. The van der Waals surface area contributed by atoms with Crippen LogP contribution in [0.1, 0.15) is 10.6 Å². The molecule has 0 fully saturated rings. The van der Waals surface area contributed by atoms with Crippen LogP contribution in [-0.2, 0) is 11.4 Å². The van der Waals surface area contributed by atoms with E-state index in [9.17, 15) is 4.79 Å². The van der Waals surface area contributed by atoms with Crippen molar-refractivity contribution < 1.29 is 19.0 Å². The van der Waals surface area contributed by atoms with Crippen molar-refractivity contribution in [2.45, 2.75) is 13.5 Å². The molecule has 0 radical (unpaired) electrons. The molecule has 27 heavy (non-hydrogen) atoms. The van der Waals surface area contributed by atoms with Gasteiger partial charge < -0.3 is 14.2 Å². The van der Waals surface area contributed by atoms with Crippen molar-refractivity contribution in [2.75, 3.05) is 19.0 Å². The Labute approximate surface area is 160 Å². The van der Waals surface area contributed by atoms with E-state index < -0.39 is 0 Å². The number of aromatic nitrogens is 2. The van der Waals surface area contributed by atoms with Gasteiger partial charge in [-0.05, 0) is 48.9 Å². The van der Waals surface area contributed by atoms with Crippen LogP contribution in [0.5, 0.6) is 17.2 Å². The molecule has 1 amide bonds. The number of nitrogens with zero attached hydrogens (tertiary/aromatic N) is 2. The zero-order valence-electron chi connectivity index (χ0n) is 15.0. The summed E-state index contributed by atoms with van der Waals surface area (Å²) in [5.41, 5.74) is 1.07. The third kappa shape index (κ3) is 5.68. The van der Waals surface area contributed by atoms with Crippen molar-refractivity contribution in [3.63, 3.8) is 0 Å². The fraction of sp³-hybridized carbons (Fsp3) is 0.211. The molecular formula is C19H19N3O4S. The second-order valence-corrected chi connectivity index (χ2v) is 6.68. The molecule has 0 atom stereocenters. The molecule has 140 valence electrons. The van der Waals surface area contributed by atoms with Crippen LogP contribution < -0.4 is 19.5 Å². The number of methoxy groups -OCH3 is 1. The highest BCUT2D eigenvalue weighted by atomic mass is 32.1. The molecule has 0 aliphatic rings. The lowest BCUT2D eigenvalue weighted by Crippen LogP contribution is -2.20.